The second kappa shape index (κ2) is 5.63. The van der Waals surface area contributed by atoms with Gasteiger partial charge in [0.05, 0.1) is 10.0 Å². The fourth-order valence-electron chi connectivity index (χ4n) is 1.30. The SMILES string of the molecule is O=C(Oc1ccc(F)cc1Br)c1ccc(Br)cc1. The van der Waals surface area contributed by atoms with Gasteiger partial charge in [0.15, 0.2) is 0 Å². The van der Waals surface area contributed by atoms with Crippen molar-refractivity contribution < 1.29 is 13.9 Å². The molecule has 0 radical (unpaired) electrons. The fraction of sp³-hybridized carbons (Fsp3) is 0. The first-order chi connectivity index (χ1) is 8.56. The van der Waals surface area contributed by atoms with Crippen LogP contribution in [-0.2, 0) is 0 Å². The Kier molecular flexibility index (Phi) is 4.14. The number of halogens is 3. The van der Waals surface area contributed by atoms with Gasteiger partial charge in [0.25, 0.3) is 0 Å². The van der Waals surface area contributed by atoms with Crippen LogP contribution in [-0.4, -0.2) is 5.97 Å². The Balaban J connectivity index is 2.18. The molecule has 0 N–H and O–H groups in total. The van der Waals surface area contributed by atoms with Crippen LogP contribution in [0.5, 0.6) is 5.75 Å². The maximum Gasteiger partial charge on any atom is 0.343 e. The van der Waals surface area contributed by atoms with E-state index in [2.05, 4.69) is 31.9 Å². The first-order valence-electron chi connectivity index (χ1n) is 4.99. The molecular formula is C13H7Br2FO2. The van der Waals surface area contributed by atoms with E-state index in [1.807, 2.05) is 0 Å². The van der Waals surface area contributed by atoms with Gasteiger partial charge in [0, 0.05) is 4.47 Å². The molecule has 0 atom stereocenters. The summed E-state index contributed by atoms with van der Waals surface area (Å²) in [7, 11) is 0. The van der Waals surface area contributed by atoms with Gasteiger partial charge in [-0.05, 0) is 58.4 Å². The number of benzene rings is 2. The molecule has 2 aromatic carbocycles. The Labute approximate surface area is 120 Å². The predicted molar refractivity (Wildman–Crippen MR) is 73.2 cm³/mol. The van der Waals surface area contributed by atoms with E-state index in [9.17, 15) is 9.18 Å². The van der Waals surface area contributed by atoms with Crippen molar-refractivity contribution in [3.8, 4) is 5.75 Å². The smallest absolute Gasteiger partial charge is 0.343 e. The molecule has 2 rings (SSSR count). The highest BCUT2D eigenvalue weighted by Gasteiger charge is 2.11. The minimum atomic E-state index is -0.491. The highest BCUT2D eigenvalue weighted by atomic mass is 79.9. The minimum absolute atomic E-state index is 0.282. The second-order valence-electron chi connectivity index (χ2n) is 3.47. The van der Waals surface area contributed by atoms with Crippen molar-refractivity contribution in [1.82, 2.24) is 0 Å². The topological polar surface area (TPSA) is 26.3 Å². The Bertz CT molecular complexity index is 582. The number of hydrogen-bond donors (Lipinski definition) is 0. The largest absolute Gasteiger partial charge is 0.422 e. The van der Waals surface area contributed by atoms with Crippen molar-refractivity contribution in [2.75, 3.05) is 0 Å². The third-order valence-corrected chi connectivity index (χ3v) is 3.32. The zero-order valence-corrected chi connectivity index (χ0v) is 12.2. The van der Waals surface area contributed by atoms with Crippen LogP contribution in [0.3, 0.4) is 0 Å². The maximum atomic E-state index is 12.9. The zero-order valence-electron chi connectivity index (χ0n) is 8.99. The second-order valence-corrected chi connectivity index (χ2v) is 5.24. The molecular weight excluding hydrogens is 367 g/mol. The highest BCUT2D eigenvalue weighted by molar-refractivity contribution is 9.10. The van der Waals surface area contributed by atoms with Crippen LogP contribution in [0, 0.1) is 5.82 Å². The van der Waals surface area contributed by atoms with Crippen molar-refractivity contribution in [3.05, 3.63) is 62.8 Å². The van der Waals surface area contributed by atoms with Crippen LogP contribution in [0.4, 0.5) is 4.39 Å². The summed E-state index contributed by atoms with van der Waals surface area (Å²) < 4.78 is 19.3. The summed E-state index contributed by atoms with van der Waals surface area (Å²) in [5.41, 5.74) is 0.425. The van der Waals surface area contributed by atoms with E-state index in [-0.39, 0.29) is 5.75 Å². The maximum absolute atomic E-state index is 12.9. The van der Waals surface area contributed by atoms with Crippen LogP contribution >= 0.6 is 31.9 Å². The quantitative estimate of drug-likeness (QED) is 0.569. The number of carbonyl (C=O) groups excluding carboxylic acids is 1. The Hall–Kier alpha value is -1.20. The summed E-state index contributed by atoms with van der Waals surface area (Å²) in [4.78, 5) is 11.8. The van der Waals surface area contributed by atoms with E-state index in [1.165, 1.54) is 18.2 Å². The van der Waals surface area contributed by atoms with Crippen molar-refractivity contribution in [1.29, 1.82) is 0 Å². The molecule has 0 saturated carbocycles. The molecule has 18 heavy (non-hydrogen) atoms. The summed E-state index contributed by atoms with van der Waals surface area (Å²) in [5, 5.41) is 0. The molecule has 0 spiro atoms. The fourth-order valence-corrected chi connectivity index (χ4v) is 2.00. The molecule has 0 heterocycles. The average molecular weight is 374 g/mol. The lowest BCUT2D eigenvalue weighted by atomic mass is 10.2. The molecule has 0 aliphatic heterocycles. The van der Waals surface area contributed by atoms with Crippen molar-refractivity contribution in [2.24, 2.45) is 0 Å². The zero-order chi connectivity index (χ0) is 13.1. The van der Waals surface area contributed by atoms with Crippen molar-refractivity contribution in [2.45, 2.75) is 0 Å². The van der Waals surface area contributed by atoms with Crippen molar-refractivity contribution in [3.63, 3.8) is 0 Å². The first kappa shape index (κ1) is 13.2. The molecule has 0 fully saturated rings. The van der Waals surface area contributed by atoms with E-state index in [0.29, 0.717) is 10.0 Å². The third-order valence-electron chi connectivity index (χ3n) is 2.18. The van der Waals surface area contributed by atoms with Crippen LogP contribution in [0.2, 0.25) is 0 Å². The lowest BCUT2D eigenvalue weighted by Gasteiger charge is -2.06. The van der Waals surface area contributed by atoms with Gasteiger partial charge >= 0.3 is 5.97 Å². The Morgan fingerprint density at radius 2 is 1.72 bits per heavy atom. The van der Waals surface area contributed by atoms with Gasteiger partial charge in [-0.15, -0.1) is 0 Å². The summed E-state index contributed by atoms with van der Waals surface area (Å²) in [6, 6.07) is 10.6. The van der Waals surface area contributed by atoms with Gasteiger partial charge in [0.2, 0.25) is 0 Å². The predicted octanol–water partition coefficient (Wildman–Crippen LogP) is 4.57. The lowest BCUT2D eigenvalue weighted by molar-refractivity contribution is 0.0733. The summed E-state index contributed by atoms with van der Waals surface area (Å²) >= 11 is 6.41. The summed E-state index contributed by atoms with van der Waals surface area (Å²) in [6.45, 7) is 0. The summed E-state index contributed by atoms with van der Waals surface area (Å²) in [5.74, 6) is -0.607. The van der Waals surface area contributed by atoms with Crippen LogP contribution in [0.1, 0.15) is 10.4 Å². The molecule has 0 bridgehead atoms. The first-order valence-corrected chi connectivity index (χ1v) is 6.57. The van der Waals surface area contributed by atoms with Crippen LogP contribution < -0.4 is 4.74 Å². The van der Waals surface area contributed by atoms with Crippen LogP contribution in [0.15, 0.2) is 51.4 Å². The molecule has 0 aliphatic rings. The molecule has 0 unspecified atom stereocenters. The van der Waals surface area contributed by atoms with Gasteiger partial charge < -0.3 is 4.74 Å². The Morgan fingerprint density at radius 3 is 2.33 bits per heavy atom. The number of esters is 1. The van der Waals surface area contributed by atoms with E-state index in [1.54, 1.807) is 24.3 Å². The minimum Gasteiger partial charge on any atom is -0.422 e. The molecule has 2 nitrogen and oxygen atoms in total. The number of carbonyl (C=O) groups is 1. The van der Waals surface area contributed by atoms with E-state index in [4.69, 9.17) is 4.74 Å². The summed E-state index contributed by atoms with van der Waals surface area (Å²) in [6.07, 6.45) is 0. The Morgan fingerprint density at radius 1 is 1.06 bits per heavy atom. The van der Waals surface area contributed by atoms with Crippen molar-refractivity contribution >= 4 is 37.8 Å². The monoisotopic (exact) mass is 372 g/mol. The van der Waals surface area contributed by atoms with Gasteiger partial charge in [-0.3, -0.25) is 0 Å². The molecule has 2 aromatic rings. The van der Waals surface area contributed by atoms with Crippen LogP contribution in [0.25, 0.3) is 0 Å². The highest BCUT2D eigenvalue weighted by Crippen LogP contribution is 2.26. The van der Waals surface area contributed by atoms with Gasteiger partial charge in [-0.25, -0.2) is 9.18 Å². The van der Waals surface area contributed by atoms with E-state index in [0.717, 1.165) is 4.47 Å². The van der Waals surface area contributed by atoms with Gasteiger partial charge in [-0.1, -0.05) is 15.9 Å². The molecule has 0 aliphatic carbocycles. The molecule has 0 aromatic heterocycles. The van der Waals surface area contributed by atoms with E-state index >= 15 is 0 Å². The normalized spacial score (nSPS) is 10.2. The molecule has 92 valence electrons. The van der Waals surface area contributed by atoms with Gasteiger partial charge in [0.1, 0.15) is 11.6 Å². The number of hydrogen-bond acceptors (Lipinski definition) is 2. The van der Waals surface area contributed by atoms with E-state index < -0.39 is 11.8 Å². The third kappa shape index (κ3) is 3.17. The number of ether oxygens (including phenoxy) is 1. The lowest BCUT2D eigenvalue weighted by Crippen LogP contribution is -2.08. The number of rotatable bonds is 2. The standard InChI is InChI=1S/C13H7Br2FO2/c14-9-3-1-8(2-4-9)13(17)18-12-6-5-10(16)7-11(12)15/h1-7H. The molecule has 0 amide bonds. The average Bonchev–Trinajstić information content (AvgIpc) is 2.33. The van der Waals surface area contributed by atoms with Gasteiger partial charge in [-0.2, -0.15) is 0 Å². The molecule has 5 heteroatoms. The molecule has 0 saturated heterocycles.